The molecule has 88 valence electrons. The summed E-state index contributed by atoms with van der Waals surface area (Å²) >= 11 is 0. The van der Waals surface area contributed by atoms with Gasteiger partial charge >= 0.3 is 0 Å². The molecule has 0 saturated heterocycles. The summed E-state index contributed by atoms with van der Waals surface area (Å²) in [4.78, 5) is 19.7. The number of nitrogens with zero attached hydrogens (tertiary/aromatic N) is 2. The van der Waals surface area contributed by atoms with E-state index in [1.165, 1.54) is 12.6 Å². The number of hydrogen-bond acceptors (Lipinski definition) is 5. The number of aryl methyl sites for hydroxylation is 2. The molecule has 0 fully saturated rings. The molecule has 0 saturated carbocycles. The summed E-state index contributed by atoms with van der Waals surface area (Å²) in [6.45, 7) is 3.51. The molecule has 0 atom stereocenters. The summed E-state index contributed by atoms with van der Waals surface area (Å²) in [7, 11) is 0. The Bertz CT molecular complexity index is 562. The average molecular weight is 232 g/mol. The number of amides is 1. The lowest BCUT2D eigenvalue weighted by Crippen LogP contribution is -2.14. The van der Waals surface area contributed by atoms with Gasteiger partial charge < -0.3 is 15.5 Å². The fraction of sp³-hybridized carbons (Fsp3) is 0.182. The summed E-state index contributed by atoms with van der Waals surface area (Å²) < 4.78 is 4.99. The molecule has 0 radical (unpaired) electrons. The molecule has 2 aromatic heterocycles. The van der Waals surface area contributed by atoms with Gasteiger partial charge in [0.2, 0.25) is 5.76 Å². The minimum atomic E-state index is -0.375. The van der Waals surface area contributed by atoms with Crippen LogP contribution in [0.5, 0.6) is 0 Å². The maximum Gasteiger partial charge on any atom is 0.294 e. The Labute approximate surface area is 97.9 Å². The van der Waals surface area contributed by atoms with Crippen molar-refractivity contribution in [1.29, 1.82) is 0 Å². The molecular weight excluding hydrogens is 220 g/mol. The van der Waals surface area contributed by atoms with Gasteiger partial charge in [-0.2, -0.15) is 0 Å². The number of nitrogens with two attached hydrogens (primary N) is 1. The Morgan fingerprint density at radius 2 is 2.18 bits per heavy atom. The van der Waals surface area contributed by atoms with Crippen molar-refractivity contribution in [2.75, 3.05) is 11.1 Å². The van der Waals surface area contributed by atoms with Crippen LogP contribution < -0.4 is 11.1 Å². The lowest BCUT2D eigenvalue weighted by molar-refractivity contribution is 0.0995. The molecule has 2 aromatic rings. The molecule has 2 rings (SSSR count). The molecule has 6 nitrogen and oxygen atoms in total. The highest BCUT2D eigenvalue weighted by atomic mass is 16.3. The summed E-state index contributed by atoms with van der Waals surface area (Å²) in [5.41, 5.74) is 7.45. The number of pyridine rings is 1. The van der Waals surface area contributed by atoms with Gasteiger partial charge in [-0.25, -0.2) is 9.97 Å². The van der Waals surface area contributed by atoms with Crippen LogP contribution in [0.3, 0.4) is 0 Å². The molecule has 0 aliphatic rings. The number of hydrogen-bond donors (Lipinski definition) is 2. The average Bonchev–Trinajstić information content (AvgIpc) is 2.68. The molecule has 0 unspecified atom stereocenters. The number of anilines is 2. The van der Waals surface area contributed by atoms with Crippen LogP contribution >= 0.6 is 0 Å². The zero-order chi connectivity index (χ0) is 12.4. The van der Waals surface area contributed by atoms with Gasteiger partial charge in [0.15, 0.2) is 6.39 Å². The van der Waals surface area contributed by atoms with Crippen molar-refractivity contribution < 1.29 is 9.21 Å². The second-order valence-corrected chi connectivity index (χ2v) is 3.66. The highest BCUT2D eigenvalue weighted by Gasteiger charge is 2.15. The minimum Gasteiger partial charge on any atom is -0.438 e. The van der Waals surface area contributed by atoms with Gasteiger partial charge in [-0.3, -0.25) is 4.79 Å². The number of oxazole rings is 1. The van der Waals surface area contributed by atoms with Crippen LogP contribution in [0.2, 0.25) is 0 Å². The quantitative estimate of drug-likeness (QED) is 0.818. The topological polar surface area (TPSA) is 94.0 Å². The highest BCUT2D eigenvalue weighted by Crippen LogP contribution is 2.15. The first-order valence-electron chi connectivity index (χ1n) is 5.01. The van der Waals surface area contributed by atoms with Crippen molar-refractivity contribution in [3.63, 3.8) is 0 Å². The van der Waals surface area contributed by atoms with E-state index in [2.05, 4.69) is 15.3 Å². The number of rotatable bonds is 2. The lowest BCUT2D eigenvalue weighted by Gasteiger charge is -2.06. The monoisotopic (exact) mass is 232 g/mol. The Balaban J connectivity index is 2.22. The standard InChI is InChI=1S/C11H12N4O2/c1-6-3-8(12)4-13-10(6)15-11(16)9-7(2)14-5-17-9/h3-5H,12H2,1-2H3,(H,13,15,16). The first kappa shape index (κ1) is 11.1. The van der Waals surface area contributed by atoms with Crippen molar-refractivity contribution >= 4 is 17.4 Å². The fourth-order valence-corrected chi connectivity index (χ4v) is 1.41. The maximum absolute atomic E-state index is 11.8. The third-order valence-corrected chi connectivity index (χ3v) is 2.28. The third-order valence-electron chi connectivity index (χ3n) is 2.28. The van der Waals surface area contributed by atoms with Gasteiger partial charge in [0.25, 0.3) is 5.91 Å². The smallest absolute Gasteiger partial charge is 0.294 e. The van der Waals surface area contributed by atoms with E-state index in [9.17, 15) is 4.79 Å². The second-order valence-electron chi connectivity index (χ2n) is 3.66. The van der Waals surface area contributed by atoms with Crippen LogP contribution in [0, 0.1) is 13.8 Å². The predicted octanol–water partition coefficient (Wildman–Crippen LogP) is 1.52. The number of aromatic nitrogens is 2. The van der Waals surface area contributed by atoms with Crippen LogP contribution in [0.15, 0.2) is 23.1 Å². The van der Waals surface area contributed by atoms with Crippen molar-refractivity contribution in [2.45, 2.75) is 13.8 Å². The highest BCUT2D eigenvalue weighted by molar-refractivity contribution is 6.02. The fourth-order valence-electron chi connectivity index (χ4n) is 1.41. The van der Waals surface area contributed by atoms with Crippen LogP contribution in [0.25, 0.3) is 0 Å². The molecule has 0 bridgehead atoms. The zero-order valence-electron chi connectivity index (χ0n) is 9.52. The first-order chi connectivity index (χ1) is 8.08. The molecule has 17 heavy (non-hydrogen) atoms. The number of carbonyl (C=O) groups is 1. The molecule has 3 N–H and O–H groups in total. The maximum atomic E-state index is 11.8. The number of carbonyl (C=O) groups excluding carboxylic acids is 1. The van der Waals surface area contributed by atoms with Gasteiger partial charge in [0, 0.05) is 0 Å². The van der Waals surface area contributed by atoms with Crippen molar-refractivity contribution in [3.8, 4) is 0 Å². The Morgan fingerprint density at radius 3 is 2.76 bits per heavy atom. The van der Waals surface area contributed by atoms with E-state index in [-0.39, 0.29) is 11.7 Å². The normalized spacial score (nSPS) is 10.2. The van der Waals surface area contributed by atoms with Gasteiger partial charge in [-0.05, 0) is 25.5 Å². The number of nitrogen functional groups attached to an aromatic ring is 1. The van der Waals surface area contributed by atoms with E-state index in [1.54, 1.807) is 13.0 Å². The van der Waals surface area contributed by atoms with Crippen molar-refractivity contribution in [3.05, 3.63) is 35.7 Å². The minimum absolute atomic E-state index is 0.183. The molecule has 0 spiro atoms. The third kappa shape index (κ3) is 2.25. The Kier molecular flexibility index (Phi) is 2.78. The summed E-state index contributed by atoms with van der Waals surface area (Å²) in [5.74, 6) is 0.267. The van der Waals surface area contributed by atoms with Gasteiger partial charge in [0.05, 0.1) is 17.6 Å². The molecule has 1 amide bonds. The molecule has 0 aliphatic carbocycles. The molecule has 6 heteroatoms. The Hall–Kier alpha value is -2.37. The number of nitrogens with one attached hydrogen (secondary N) is 1. The molecular formula is C11H12N4O2. The Morgan fingerprint density at radius 1 is 1.41 bits per heavy atom. The van der Waals surface area contributed by atoms with E-state index in [1.807, 2.05) is 6.92 Å². The zero-order valence-corrected chi connectivity index (χ0v) is 9.52. The molecule has 0 aliphatic heterocycles. The van der Waals surface area contributed by atoms with E-state index in [0.717, 1.165) is 5.56 Å². The predicted molar refractivity (Wildman–Crippen MR) is 62.6 cm³/mol. The van der Waals surface area contributed by atoms with E-state index in [4.69, 9.17) is 10.2 Å². The molecule has 2 heterocycles. The summed E-state index contributed by atoms with van der Waals surface area (Å²) in [6.07, 6.45) is 2.71. The molecule has 0 aromatic carbocycles. The lowest BCUT2D eigenvalue weighted by atomic mass is 10.2. The van der Waals surface area contributed by atoms with Crippen LogP contribution in [0.4, 0.5) is 11.5 Å². The summed E-state index contributed by atoms with van der Waals surface area (Å²) in [5, 5.41) is 2.64. The van der Waals surface area contributed by atoms with E-state index >= 15 is 0 Å². The van der Waals surface area contributed by atoms with Gasteiger partial charge in [0.1, 0.15) is 5.82 Å². The van der Waals surface area contributed by atoms with Crippen molar-refractivity contribution in [2.24, 2.45) is 0 Å². The van der Waals surface area contributed by atoms with Crippen LogP contribution in [0.1, 0.15) is 21.8 Å². The van der Waals surface area contributed by atoms with E-state index in [0.29, 0.717) is 17.2 Å². The summed E-state index contributed by atoms with van der Waals surface area (Å²) in [6, 6.07) is 1.73. The van der Waals surface area contributed by atoms with Gasteiger partial charge in [-0.1, -0.05) is 0 Å². The van der Waals surface area contributed by atoms with Crippen LogP contribution in [-0.2, 0) is 0 Å². The SMILES string of the molecule is Cc1cc(N)cnc1NC(=O)c1ocnc1C. The van der Waals surface area contributed by atoms with Crippen molar-refractivity contribution in [1.82, 2.24) is 9.97 Å². The second kappa shape index (κ2) is 4.25. The first-order valence-corrected chi connectivity index (χ1v) is 5.01. The van der Waals surface area contributed by atoms with E-state index < -0.39 is 0 Å². The van der Waals surface area contributed by atoms with Gasteiger partial charge in [-0.15, -0.1) is 0 Å². The largest absolute Gasteiger partial charge is 0.438 e. The van der Waals surface area contributed by atoms with Crippen LogP contribution in [-0.4, -0.2) is 15.9 Å².